The topological polar surface area (TPSA) is 385 Å². The summed E-state index contributed by atoms with van der Waals surface area (Å²) in [5, 5.41) is 58.3. The van der Waals surface area contributed by atoms with Crippen molar-refractivity contribution in [3.05, 3.63) is 161 Å². The summed E-state index contributed by atoms with van der Waals surface area (Å²) in [6.45, 7) is 1.72. The fourth-order valence-electron chi connectivity index (χ4n) is 7.29. The number of fused-ring (bicyclic) bond motifs is 4. The Morgan fingerprint density at radius 3 is 1.50 bits per heavy atom. The standard InChI is InChI=1S/C47H30N10O7S.3Na.2O3S/c1-24-23-31-35(53-50-25-7-3-2-4-8-25)22-19-33(49)40(31)47(61)43(24)57-55-37-12-6-10-30-42(37)45(59)29-9-5-11-36(41(29)44(30)58)54-56-38-20-17-28-34(21-18-32(48)39(28)46(38)60)52-51-26-13-15-27(16-14-26)65(62,63)64;;;;2*1-4(2)3/h3-19,21-23,60-61H,48-49H2,1H3,(H,62,63,64);;;;;/q-2;3*+1;;/p-1. The molecule has 1 aliphatic rings. The van der Waals surface area contributed by atoms with Crippen molar-refractivity contribution < 1.29 is 147 Å². The number of ketones is 2. The number of phenolic OH excluding ortho intramolecular Hbond substituents is 2. The van der Waals surface area contributed by atoms with Gasteiger partial charge in [-0.2, -0.15) is 61.0 Å². The number of hydrogen-bond acceptors (Lipinski definition) is 23. The summed E-state index contributed by atoms with van der Waals surface area (Å²) in [7, 11) is -10.9. The van der Waals surface area contributed by atoms with Gasteiger partial charge in [-0.05, 0) is 84.9 Å². The van der Waals surface area contributed by atoms with Gasteiger partial charge in [-0.1, -0.05) is 35.0 Å². The number of carbonyl (C=O) groups is 2. The number of benzene rings is 8. The molecular formula is C47H29N10Na3O13S3. The Morgan fingerprint density at radius 1 is 0.553 bits per heavy atom. The van der Waals surface area contributed by atoms with Crippen LogP contribution in [0.1, 0.15) is 37.4 Å². The summed E-state index contributed by atoms with van der Waals surface area (Å²) in [5.74, 6) is -1.73. The Bertz CT molecular complexity index is 4040. The van der Waals surface area contributed by atoms with Crippen molar-refractivity contribution in [2.45, 2.75) is 11.8 Å². The van der Waals surface area contributed by atoms with Crippen LogP contribution in [-0.4, -0.2) is 60.0 Å². The Hall–Kier alpha value is -6.63. The van der Waals surface area contributed by atoms with Crippen LogP contribution in [-0.2, 0) is 31.3 Å². The third-order valence-corrected chi connectivity index (χ3v) is 11.3. The molecule has 366 valence electrons. The Morgan fingerprint density at radius 2 is 1.00 bits per heavy atom. The minimum absolute atomic E-state index is 0. The second kappa shape index (κ2) is 26.9. The normalized spacial score (nSPS) is 11.7. The monoisotopic (exact) mass is 1110 g/mol. The zero-order chi connectivity index (χ0) is 52.7. The number of rotatable bonds is 9. The van der Waals surface area contributed by atoms with Crippen molar-refractivity contribution in [3.63, 3.8) is 0 Å². The van der Waals surface area contributed by atoms with Gasteiger partial charge in [0.05, 0.1) is 44.2 Å². The van der Waals surface area contributed by atoms with Gasteiger partial charge >= 0.3 is 110 Å². The van der Waals surface area contributed by atoms with Crippen molar-refractivity contribution in [2.24, 2.45) is 40.9 Å². The van der Waals surface area contributed by atoms with E-state index in [9.17, 15) is 32.8 Å². The average Bonchev–Trinajstić information content (AvgIpc) is 3.34. The summed E-state index contributed by atoms with van der Waals surface area (Å²) in [6, 6.07) is 36.2. The molecule has 0 fully saturated rings. The van der Waals surface area contributed by atoms with Crippen LogP contribution in [0.3, 0.4) is 0 Å². The van der Waals surface area contributed by atoms with Crippen LogP contribution in [0.25, 0.3) is 21.5 Å². The van der Waals surface area contributed by atoms with Crippen molar-refractivity contribution in [1.29, 1.82) is 0 Å². The van der Waals surface area contributed by atoms with E-state index in [4.69, 9.17) is 36.7 Å². The first kappa shape index (κ1) is 61.9. The maximum Gasteiger partial charge on any atom is 1.00 e. The molecule has 0 atom stereocenters. The van der Waals surface area contributed by atoms with Crippen LogP contribution in [0.2, 0.25) is 0 Å². The number of hydrogen-bond donors (Lipinski definition) is 4. The van der Waals surface area contributed by atoms with Crippen LogP contribution in [0.15, 0.2) is 167 Å². The van der Waals surface area contributed by atoms with E-state index in [1.807, 2.05) is 0 Å². The van der Waals surface area contributed by atoms with Gasteiger partial charge in [-0.15, -0.1) is 47.6 Å². The van der Waals surface area contributed by atoms with Crippen LogP contribution in [0.5, 0.6) is 11.5 Å². The minimum Gasteiger partial charge on any atom is -0.744 e. The van der Waals surface area contributed by atoms with Gasteiger partial charge < -0.3 is 26.2 Å². The quantitative estimate of drug-likeness (QED) is 0.0511. The first-order valence-corrected chi connectivity index (χ1v) is 23.7. The SMILES string of the molecule is Cc1cc2c(N=Nc3cc[c-]cc3)ccc(N)c2c(O)c1N=Nc1cccc2c1C(=O)c1cccc(N=Nc3[c-]cc4c(N=Nc5ccc(S(=O)(=O)[O-])cc5)ccc(N)c4c3O)c1C2=O.O=S(=O)=O.O=S(=O)=O.[Na+].[Na+].[Na+]. The molecule has 8 aromatic rings. The van der Waals surface area contributed by atoms with Gasteiger partial charge in [0.2, 0.25) is 0 Å². The molecule has 8 aromatic carbocycles. The molecular weight excluding hydrogens is 1080 g/mol. The molecule has 6 N–H and O–H groups in total. The number of azo groups is 4. The van der Waals surface area contributed by atoms with Crippen molar-refractivity contribution in [3.8, 4) is 11.5 Å². The number of aryl methyl sites for hydroxylation is 1. The van der Waals surface area contributed by atoms with Gasteiger partial charge in [0.25, 0.3) is 0 Å². The number of nitrogen functional groups attached to an aromatic ring is 2. The van der Waals surface area contributed by atoms with Crippen molar-refractivity contribution >= 4 is 121 Å². The molecule has 0 saturated heterocycles. The summed E-state index contributed by atoms with van der Waals surface area (Å²) >= 11 is 0. The third-order valence-electron chi connectivity index (χ3n) is 10.4. The largest absolute Gasteiger partial charge is 1.00 e. The second-order valence-corrected chi connectivity index (χ2v) is 17.1. The number of carbonyl (C=O) groups excluding carboxylic acids is 2. The van der Waals surface area contributed by atoms with Crippen LogP contribution < -0.4 is 100 Å². The smallest absolute Gasteiger partial charge is 0.744 e. The Balaban J connectivity index is 0.00000106. The van der Waals surface area contributed by atoms with Gasteiger partial charge in [0, 0.05) is 45.0 Å². The molecule has 0 bridgehead atoms. The third kappa shape index (κ3) is 14.2. The Kier molecular flexibility index (Phi) is 21.9. The zero-order valence-electron chi connectivity index (χ0n) is 39.9. The predicted molar refractivity (Wildman–Crippen MR) is 259 cm³/mol. The molecule has 0 amide bonds. The maximum atomic E-state index is 14.2. The number of phenols is 2. The summed E-state index contributed by atoms with van der Waals surface area (Å²) in [5.41, 5.74) is 15.2. The Labute approximate surface area is 499 Å². The number of anilines is 2. The molecule has 29 heteroatoms. The van der Waals surface area contributed by atoms with Crippen LogP contribution >= 0.6 is 0 Å². The summed E-state index contributed by atoms with van der Waals surface area (Å²) in [6.07, 6.45) is 0. The molecule has 0 aromatic heterocycles. The number of nitrogens with two attached hydrogens (primary N) is 2. The van der Waals surface area contributed by atoms with Gasteiger partial charge in [-0.3, -0.25) is 9.59 Å². The molecule has 0 spiro atoms. The van der Waals surface area contributed by atoms with Gasteiger partial charge in [0.1, 0.15) is 15.8 Å². The van der Waals surface area contributed by atoms with E-state index in [0.717, 1.165) is 12.1 Å². The van der Waals surface area contributed by atoms with Crippen molar-refractivity contribution in [2.75, 3.05) is 11.5 Å². The molecule has 76 heavy (non-hydrogen) atoms. The predicted octanol–water partition coefficient (Wildman–Crippen LogP) is 0.822. The molecule has 0 radical (unpaired) electrons. The molecule has 0 heterocycles. The van der Waals surface area contributed by atoms with Crippen molar-refractivity contribution in [1.82, 2.24) is 0 Å². The number of nitrogens with zero attached hydrogens (tertiary/aromatic N) is 8. The van der Waals surface area contributed by atoms with E-state index in [-0.39, 0.29) is 173 Å². The van der Waals surface area contributed by atoms with E-state index < -0.39 is 53.5 Å². The summed E-state index contributed by atoms with van der Waals surface area (Å²) in [4.78, 5) is 28.0. The van der Waals surface area contributed by atoms with Gasteiger partial charge in [0.15, 0.2) is 17.3 Å². The fourth-order valence-corrected chi connectivity index (χ4v) is 7.76. The molecule has 1 aliphatic carbocycles. The van der Waals surface area contributed by atoms with E-state index in [0.29, 0.717) is 27.7 Å². The maximum absolute atomic E-state index is 14.2. The average molecular weight is 1110 g/mol. The number of aromatic hydroxyl groups is 2. The fraction of sp³-hybridized carbons (Fsp3) is 0.0213. The van der Waals surface area contributed by atoms with Crippen LogP contribution in [0, 0.1) is 19.1 Å². The second-order valence-electron chi connectivity index (χ2n) is 14.9. The molecule has 0 saturated carbocycles. The molecule has 0 unspecified atom stereocenters. The molecule has 0 aliphatic heterocycles. The van der Waals surface area contributed by atoms with E-state index >= 15 is 0 Å². The molecule has 23 nitrogen and oxygen atoms in total. The van der Waals surface area contributed by atoms with E-state index in [1.165, 1.54) is 54.6 Å². The minimum atomic E-state index is -4.64. The van der Waals surface area contributed by atoms with Gasteiger partial charge in [-0.25, -0.2) is 8.42 Å². The summed E-state index contributed by atoms with van der Waals surface area (Å²) < 4.78 is 84.5. The zero-order valence-corrected chi connectivity index (χ0v) is 48.3. The van der Waals surface area contributed by atoms with Crippen LogP contribution in [0.4, 0.5) is 56.9 Å². The molecule has 9 rings (SSSR count). The van der Waals surface area contributed by atoms with E-state index in [1.54, 1.807) is 61.5 Å². The first-order chi connectivity index (χ1) is 34.7. The first-order valence-electron chi connectivity index (χ1n) is 20.3. The van der Waals surface area contributed by atoms with E-state index in [2.05, 4.69) is 53.0 Å².